The maximum atomic E-state index is 11.6. The molecule has 0 bridgehead atoms. The number of carbonyl (C=O) groups is 3. The minimum atomic E-state index is -0.883. The predicted octanol–water partition coefficient (Wildman–Crippen LogP) is 1.21. The first-order valence-corrected chi connectivity index (χ1v) is 5.76. The highest BCUT2D eigenvalue weighted by molar-refractivity contribution is 6.65. The van der Waals surface area contributed by atoms with E-state index in [9.17, 15) is 14.4 Å². The molecule has 0 aromatic rings. The van der Waals surface area contributed by atoms with Gasteiger partial charge in [0.25, 0.3) is 0 Å². The van der Waals surface area contributed by atoms with Gasteiger partial charge in [-0.15, -0.1) is 0 Å². The van der Waals surface area contributed by atoms with E-state index < -0.39 is 17.2 Å². The molecule has 6 heteroatoms. The van der Waals surface area contributed by atoms with Gasteiger partial charge < -0.3 is 4.90 Å². The molecule has 0 saturated carbocycles. The van der Waals surface area contributed by atoms with Crippen molar-refractivity contribution in [3.63, 3.8) is 0 Å². The van der Waals surface area contributed by atoms with Crippen LogP contribution in [0.1, 0.15) is 26.2 Å². The number of carbonyl (C=O) groups excluding carboxylic acids is 3. The summed E-state index contributed by atoms with van der Waals surface area (Å²) in [5, 5.41) is -0.883. The van der Waals surface area contributed by atoms with Gasteiger partial charge in [-0.2, -0.15) is 0 Å². The van der Waals surface area contributed by atoms with E-state index in [1.165, 1.54) is 4.90 Å². The number of piperazine rings is 1. The van der Waals surface area contributed by atoms with Crippen LogP contribution >= 0.6 is 11.6 Å². The highest BCUT2D eigenvalue weighted by Gasteiger charge is 2.34. The van der Waals surface area contributed by atoms with Crippen LogP contribution in [0.2, 0.25) is 0 Å². The number of unbranched alkanes of at least 4 members (excludes halogenated alkanes) is 2. The van der Waals surface area contributed by atoms with Gasteiger partial charge in [0.15, 0.2) is 0 Å². The lowest BCUT2D eigenvalue weighted by Crippen LogP contribution is -2.55. The number of halogens is 1. The first-order chi connectivity index (χ1) is 7.57. The molecule has 1 aliphatic rings. The van der Waals surface area contributed by atoms with Gasteiger partial charge in [-0.25, -0.2) is 0 Å². The van der Waals surface area contributed by atoms with Crippen LogP contribution in [0.15, 0.2) is 0 Å². The predicted molar refractivity (Wildman–Crippen MR) is 59.1 cm³/mol. The lowest BCUT2D eigenvalue weighted by atomic mass is 10.2. The minimum absolute atomic E-state index is 0.193. The summed E-state index contributed by atoms with van der Waals surface area (Å²) in [5.41, 5.74) is 0. The Labute approximate surface area is 99.3 Å². The summed E-state index contributed by atoms with van der Waals surface area (Å²) in [5.74, 6) is -1.45. The molecule has 1 saturated heterocycles. The van der Waals surface area contributed by atoms with Crippen LogP contribution in [0.25, 0.3) is 0 Å². The van der Waals surface area contributed by atoms with Crippen molar-refractivity contribution >= 4 is 28.8 Å². The first kappa shape index (κ1) is 13.0. The molecular formula is C10H15ClN2O3. The molecule has 1 aliphatic heterocycles. The fraction of sp³-hybridized carbons (Fsp3) is 0.700. The fourth-order valence-corrected chi connectivity index (χ4v) is 1.77. The van der Waals surface area contributed by atoms with E-state index in [0.717, 1.165) is 24.2 Å². The molecule has 0 aromatic heterocycles. The largest absolute Gasteiger partial charge is 0.333 e. The molecule has 0 aliphatic carbocycles. The second-order valence-electron chi connectivity index (χ2n) is 3.71. The Morgan fingerprint density at radius 2 is 1.94 bits per heavy atom. The van der Waals surface area contributed by atoms with Gasteiger partial charge in [0.05, 0.1) is 0 Å². The highest BCUT2D eigenvalue weighted by Crippen LogP contribution is 2.09. The zero-order valence-corrected chi connectivity index (χ0v) is 10.00. The van der Waals surface area contributed by atoms with E-state index >= 15 is 0 Å². The summed E-state index contributed by atoms with van der Waals surface area (Å²) < 4.78 is 0. The average molecular weight is 247 g/mol. The third-order valence-corrected chi connectivity index (χ3v) is 2.76. The number of hydrogen-bond donors (Lipinski definition) is 0. The number of imide groups is 1. The molecule has 16 heavy (non-hydrogen) atoms. The average Bonchev–Trinajstić information content (AvgIpc) is 2.24. The quantitative estimate of drug-likeness (QED) is 0.324. The number of rotatable bonds is 4. The Hall–Kier alpha value is -1.10. The lowest BCUT2D eigenvalue weighted by Gasteiger charge is -2.31. The summed E-state index contributed by atoms with van der Waals surface area (Å²) in [7, 11) is 0. The Kier molecular flexibility index (Phi) is 4.73. The smallest absolute Gasteiger partial charge is 0.323 e. The summed E-state index contributed by atoms with van der Waals surface area (Å²) in [6.07, 6.45) is 2.96. The normalized spacial score (nSPS) is 16.9. The SMILES string of the molecule is CCCCCN1CCN(C(=O)Cl)C(=O)C1=O. The van der Waals surface area contributed by atoms with Crippen LogP contribution in [0, 0.1) is 0 Å². The van der Waals surface area contributed by atoms with Crippen LogP contribution in [-0.2, 0) is 9.59 Å². The molecule has 3 amide bonds. The molecular weight excluding hydrogens is 232 g/mol. The van der Waals surface area contributed by atoms with E-state index in [2.05, 4.69) is 6.92 Å². The van der Waals surface area contributed by atoms with E-state index in [-0.39, 0.29) is 6.54 Å². The van der Waals surface area contributed by atoms with E-state index in [0.29, 0.717) is 13.1 Å². The Morgan fingerprint density at radius 3 is 2.50 bits per heavy atom. The van der Waals surface area contributed by atoms with Gasteiger partial charge in [0.1, 0.15) is 0 Å². The number of hydrogen-bond acceptors (Lipinski definition) is 3. The topological polar surface area (TPSA) is 57.7 Å². The van der Waals surface area contributed by atoms with Crippen LogP contribution < -0.4 is 0 Å². The molecule has 0 spiro atoms. The van der Waals surface area contributed by atoms with Gasteiger partial charge in [0.2, 0.25) is 0 Å². The van der Waals surface area contributed by atoms with Crippen molar-refractivity contribution in [1.82, 2.24) is 9.80 Å². The van der Waals surface area contributed by atoms with Gasteiger partial charge in [0, 0.05) is 19.6 Å². The van der Waals surface area contributed by atoms with Crippen LogP contribution in [0.5, 0.6) is 0 Å². The second-order valence-corrected chi connectivity index (χ2v) is 4.03. The van der Waals surface area contributed by atoms with Crippen LogP contribution in [0.3, 0.4) is 0 Å². The van der Waals surface area contributed by atoms with Crippen molar-refractivity contribution in [1.29, 1.82) is 0 Å². The Morgan fingerprint density at radius 1 is 1.25 bits per heavy atom. The summed E-state index contributed by atoms with van der Waals surface area (Å²) in [4.78, 5) is 36.1. The van der Waals surface area contributed by atoms with Gasteiger partial charge in [-0.3, -0.25) is 19.3 Å². The summed E-state index contributed by atoms with van der Waals surface area (Å²) in [6.45, 7) is 3.21. The third kappa shape index (κ3) is 2.95. The molecule has 0 aromatic carbocycles. The van der Waals surface area contributed by atoms with Gasteiger partial charge >= 0.3 is 17.2 Å². The molecule has 90 valence electrons. The van der Waals surface area contributed by atoms with Crippen LogP contribution in [0.4, 0.5) is 4.79 Å². The zero-order chi connectivity index (χ0) is 12.1. The first-order valence-electron chi connectivity index (χ1n) is 5.38. The van der Waals surface area contributed by atoms with Crippen molar-refractivity contribution in [2.45, 2.75) is 26.2 Å². The Bertz CT molecular complexity index is 306. The van der Waals surface area contributed by atoms with Crippen molar-refractivity contribution in [2.75, 3.05) is 19.6 Å². The molecule has 1 fully saturated rings. The molecule has 5 nitrogen and oxygen atoms in total. The summed E-state index contributed by atoms with van der Waals surface area (Å²) >= 11 is 5.19. The summed E-state index contributed by atoms with van der Waals surface area (Å²) in [6, 6.07) is 0. The molecule has 0 atom stereocenters. The van der Waals surface area contributed by atoms with Gasteiger partial charge in [-0.1, -0.05) is 19.8 Å². The molecule has 0 unspecified atom stereocenters. The monoisotopic (exact) mass is 246 g/mol. The highest BCUT2D eigenvalue weighted by atomic mass is 35.5. The maximum Gasteiger partial charge on any atom is 0.323 e. The van der Waals surface area contributed by atoms with Crippen molar-refractivity contribution in [2.24, 2.45) is 0 Å². The van der Waals surface area contributed by atoms with Crippen molar-refractivity contribution in [3.8, 4) is 0 Å². The third-order valence-electron chi connectivity index (χ3n) is 2.55. The molecule has 0 N–H and O–H groups in total. The maximum absolute atomic E-state index is 11.6. The van der Waals surface area contributed by atoms with E-state index in [4.69, 9.17) is 11.6 Å². The molecule has 1 heterocycles. The van der Waals surface area contributed by atoms with E-state index in [1.807, 2.05) is 0 Å². The standard InChI is InChI=1S/C10H15ClN2O3/c1-2-3-4-5-12-6-7-13(10(11)16)9(15)8(12)14/h2-7H2,1H3. The van der Waals surface area contributed by atoms with Crippen molar-refractivity contribution < 1.29 is 14.4 Å². The number of amides is 3. The second kappa shape index (κ2) is 5.84. The van der Waals surface area contributed by atoms with Crippen LogP contribution in [-0.4, -0.2) is 46.6 Å². The minimum Gasteiger partial charge on any atom is -0.333 e. The molecule has 1 rings (SSSR count). The van der Waals surface area contributed by atoms with E-state index in [1.54, 1.807) is 0 Å². The lowest BCUT2D eigenvalue weighted by molar-refractivity contribution is -0.153. The zero-order valence-electron chi connectivity index (χ0n) is 9.24. The number of nitrogens with zero attached hydrogens (tertiary/aromatic N) is 2. The van der Waals surface area contributed by atoms with Gasteiger partial charge in [-0.05, 0) is 18.0 Å². The van der Waals surface area contributed by atoms with Crippen molar-refractivity contribution in [3.05, 3.63) is 0 Å². The molecule has 0 radical (unpaired) electrons. The fourth-order valence-electron chi connectivity index (χ4n) is 1.61. The Balaban J connectivity index is 2.52.